The largest absolute Gasteiger partial charge is 0.486 e. The summed E-state index contributed by atoms with van der Waals surface area (Å²) in [6.45, 7) is 0.178. The van der Waals surface area contributed by atoms with Crippen LogP contribution in [0.3, 0.4) is 0 Å². The lowest BCUT2D eigenvalue weighted by Gasteiger charge is -2.09. The van der Waals surface area contributed by atoms with Crippen LogP contribution in [-0.2, 0) is 6.61 Å². The van der Waals surface area contributed by atoms with Crippen LogP contribution < -0.4 is 10.5 Å². The van der Waals surface area contributed by atoms with Gasteiger partial charge in [0.1, 0.15) is 17.9 Å². The Morgan fingerprint density at radius 3 is 2.79 bits per heavy atom. The van der Waals surface area contributed by atoms with E-state index in [-0.39, 0.29) is 17.9 Å². The molecule has 0 unspecified atom stereocenters. The van der Waals surface area contributed by atoms with Crippen molar-refractivity contribution in [2.24, 2.45) is 0 Å². The molecule has 0 saturated carbocycles. The molecule has 6 heteroatoms. The minimum absolute atomic E-state index is 0.0753. The van der Waals surface area contributed by atoms with E-state index in [1.165, 1.54) is 18.2 Å². The number of hydrogen-bond acceptors (Lipinski definition) is 4. The van der Waals surface area contributed by atoms with Gasteiger partial charge in [0.25, 0.3) is 0 Å². The Kier molecular flexibility index (Phi) is 4.01. The van der Waals surface area contributed by atoms with Crippen LogP contribution in [0.4, 0.5) is 5.69 Å². The number of benzene rings is 1. The van der Waals surface area contributed by atoms with E-state index in [1.54, 1.807) is 12.3 Å². The highest BCUT2D eigenvalue weighted by Gasteiger charge is 2.11. The van der Waals surface area contributed by atoms with E-state index in [0.29, 0.717) is 11.4 Å². The summed E-state index contributed by atoms with van der Waals surface area (Å²) in [5.41, 5.74) is 6.84. The van der Waals surface area contributed by atoms with Crippen LogP contribution in [0.15, 0.2) is 41.0 Å². The molecule has 0 aliphatic rings. The van der Waals surface area contributed by atoms with Crippen LogP contribution >= 0.6 is 15.9 Å². The highest BCUT2D eigenvalue weighted by Crippen LogP contribution is 2.23. The first kappa shape index (κ1) is 13.4. The minimum atomic E-state index is -1.06. The van der Waals surface area contributed by atoms with Crippen LogP contribution in [0.25, 0.3) is 0 Å². The molecule has 0 aliphatic heterocycles. The molecule has 0 aliphatic carbocycles. The Balaban J connectivity index is 2.16. The maximum atomic E-state index is 11.0. The average molecular weight is 323 g/mol. The molecule has 0 spiro atoms. The first-order chi connectivity index (χ1) is 9.06. The zero-order valence-corrected chi connectivity index (χ0v) is 11.4. The number of aromatic carboxylic acids is 1. The van der Waals surface area contributed by atoms with E-state index in [4.69, 9.17) is 15.6 Å². The summed E-state index contributed by atoms with van der Waals surface area (Å²) in [5.74, 6) is -0.823. The number of nitrogens with two attached hydrogens (primary N) is 1. The number of carboxylic acid groups (broad SMARTS) is 1. The molecule has 0 amide bonds. The third-order valence-corrected chi connectivity index (χ3v) is 2.87. The maximum absolute atomic E-state index is 11.0. The van der Waals surface area contributed by atoms with Gasteiger partial charge in [0.15, 0.2) is 0 Å². The molecular formula is C13H11BrN2O3. The quantitative estimate of drug-likeness (QED) is 0.845. The van der Waals surface area contributed by atoms with Gasteiger partial charge >= 0.3 is 5.97 Å². The number of anilines is 1. The Hall–Kier alpha value is -2.08. The number of nitrogens with zero attached hydrogens (tertiary/aromatic N) is 1. The molecule has 5 nitrogen and oxygen atoms in total. The second-order valence-electron chi connectivity index (χ2n) is 3.82. The van der Waals surface area contributed by atoms with E-state index in [1.807, 2.05) is 6.07 Å². The van der Waals surface area contributed by atoms with Gasteiger partial charge in [-0.15, -0.1) is 0 Å². The number of nitrogen functional groups attached to an aromatic ring is 1. The molecule has 2 rings (SSSR count). The zero-order valence-electron chi connectivity index (χ0n) is 9.84. The van der Waals surface area contributed by atoms with E-state index in [9.17, 15) is 4.79 Å². The number of carboxylic acids is 1. The zero-order chi connectivity index (χ0) is 13.8. The van der Waals surface area contributed by atoms with Gasteiger partial charge in [0, 0.05) is 22.4 Å². The van der Waals surface area contributed by atoms with Crippen molar-refractivity contribution in [3.05, 3.63) is 52.3 Å². The highest BCUT2D eigenvalue weighted by molar-refractivity contribution is 9.10. The fourth-order valence-corrected chi connectivity index (χ4v) is 1.71. The predicted molar refractivity (Wildman–Crippen MR) is 74.1 cm³/mol. The van der Waals surface area contributed by atoms with Gasteiger partial charge in [0.2, 0.25) is 0 Å². The SMILES string of the molecule is Nc1ccc(C(=O)O)c(OCc2ccc(Br)cn2)c1. The van der Waals surface area contributed by atoms with Crippen LogP contribution in [-0.4, -0.2) is 16.1 Å². The van der Waals surface area contributed by atoms with Gasteiger partial charge in [-0.25, -0.2) is 4.79 Å². The van der Waals surface area contributed by atoms with Crippen molar-refractivity contribution in [1.82, 2.24) is 4.98 Å². The molecule has 0 radical (unpaired) electrons. The van der Waals surface area contributed by atoms with E-state index < -0.39 is 5.97 Å². The first-order valence-electron chi connectivity index (χ1n) is 5.42. The first-order valence-corrected chi connectivity index (χ1v) is 6.21. The fraction of sp³-hybridized carbons (Fsp3) is 0.0769. The van der Waals surface area contributed by atoms with Crippen molar-refractivity contribution in [2.75, 3.05) is 5.73 Å². The third-order valence-electron chi connectivity index (χ3n) is 2.40. The number of halogens is 1. The summed E-state index contributed by atoms with van der Waals surface area (Å²) in [4.78, 5) is 15.2. The normalized spacial score (nSPS) is 10.2. The molecule has 98 valence electrons. The predicted octanol–water partition coefficient (Wildman–Crippen LogP) is 2.70. The molecule has 0 saturated heterocycles. The van der Waals surface area contributed by atoms with E-state index >= 15 is 0 Å². The van der Waals surface area contributed by atoms with Gasteiger partial charge in [-0.2, -0.15) is 0 Å². The molecule has 1 aromatic carbocycles. The van der Waals surface area contributed by atoms with Gasteiger partial charge in [-0.3, -0.25) is 4.98 Å². The van der Waals surface area contributed by atoms with Gasteiger partial charge in [0.05, 0.1) is 5.69 Å². The number of carbonyl (C=O) groups is 1. The van der Waals surface area contributed by atoms with Gasteiger partial charge < -0.3 is 15.6 Å². The molecule has 19 heavy (non-hydrogen) atoms. The fourth-order valence-electron chi connectivity index (χ4n) is 1.48. The highest BCUT2D eigenvalue weighted by atomic mass is 79.9. The van der Waals surface area contributed by atoms with Crippen molar-refractivity contribution >= 4 is 27.6 Å². The van der Waals surface area contributed by atoms with Crippen LogP contribution in [0.5, 0.6) is 5.75 Å². The molecule has 0 atom stereocenters. The summed E-state index contributed by atoms with van der Waals surface area (Å²) in [5, 5.41) is 9.05. The number of rotatable bonds is 4. The van der Waals surface area contributed by atoms with Crippen molar-refractivity contribution in [3.63, 3.8) is 0 Å². The topological polar surface area (TPSA) is 85.4 Å². The Labute approximate surface area is 118 Å². The molecule has 3 N–H and O–H groups in total. The maximum Gasteiger partial charge on any atom is 0.339 e. The molecular weight excluding hydrogens is 312 g/mol. The molecule has 0 bridgehead atoms. The van der Waals surface area contributed by atoms with Crippen molar-refractivity contribution in [3.8, 4) is 5.75 Å². The van der Waals surface area contributed by atoms with Gasteiger partial charge in [-0.05, 0) is 40.2 Å². The number of hydrogen-bond donors (Lipinski definition) is 2. The van der Waals surface area contributed by atoms with Crippen LogP contribution in [0.2, 0.25) is 0 Å². The molecule has 0 fully saturated rings. The average Bonchev–Trinajstić information content (AvgIpc) is 2.38. The third kappa shape index (κ3) is 3.45. The van der Waals surface area contributed by atoms with E-state index in [0.717, 1.165) is 4.47 Å². The number of ether oxygens (including phenoxy) is 1. The van der Waals surface area contributed by atoms with E-state index in [2.05, 4.69) is 20.9 Å². The monoisotopic (exact) mass is 322 g/mol. The number of pyridine rings is 1. The Morgan fingerprint density at radius 2 is 2.16 bits per heavy atom. The van der Waals surface area contributed by atoms with Crippen molar-refractivity contribution in [1.29, 1.82) is 0 Å². The second kappa shape index (κ2) is 5.71. The molecule has 1 aromatic heterocycles. The summed E-state index contributed by atoms with van der Waals surface area (Å²) < 4.78 is 6.33. The summed E-state index contributed by atoms with van der Waals surface area (Å²) >= 11 is 3.28. The minimum Gasteiger partial charge on any atom is -0.486 e. The second-order valence-corrected chi connectivity index (χ2v) is 4.73. The van der Waals surface area contributed by atoms with Crippen LogP contribution in [0, 0.1) is 0 Å². The standard InChI is InChI=1S/C13H11BrN2O3/c14-8-1-3-10(16-6-8)7-19-12-5-9(15)2-4-11(12)13(17)18/h1-6H,7,15H2,(H,17,18). The molecule has 1 heterocycles. The summed E-state index contributed by atoms with van der Waals surface area (Å²) in [6, 6.07) is 8.05. The van der Waals surface area contributed by atoms with Crippen molar-refractivity contribution < 1.29 is 14.6 Å². The Morgan fingerprint density at radius 1 is 1.37 bits per heavy atom. The molecule has 2 aromatic rings. The van der Waals surface area contributed by atoms with Crippen molar-refractivity contribution in [2.45, 2.75) is 6.61 Å². The lowest BCUT2D eigenvalue weighted by Crippen LogP contribution is -2.05. The van der Waals surface area contributed by atoms with Crippen LogP contribution in [0.1, 0.15) is 16.1 Å². The smallest absolute Gasteiger partial charge is 0.339 e. The summed E-state index contributed by atoms with van der Waals surface area (Å²) in [7, 11) is 0. The van der Waals surface area contributed by atoms with Gasteiger partial charge in [-0.1, -0.05) is 0 Å². The lowest BCUT2D eigenvalue weighted by atomic mass is 10.2. The summed E-state index contributed by atoms with van der Waals surface area (Å²) in [6.07, 6.45) is 1.65. The Bertz CT molecular complexity index is 599. The lowest BCUT2D eigenvalue weighted by molar-refractivity contribution is 0.0691. The number of aromatic nitrogens is 1.